The fourth-order valence-electron chi connectivity index (χ4n) is 2.83. The first-order valence-corrected chi connectivity index (χ1v) is 7.90. The second kappa shape index (κ2) is 7.99. The van der Waals surface area contributed by atoms with Crippen LogP contribution in [0.4, 0.5) is 0 Å². The average Bonchev–Trinajstić information content (AvgIpc) is 3.20. The number of carbonyl (C=O) groups excluding carboxylic acids is 1. The summed E-state index contributed by atoms with van der Waals surface area (Å²) in [6.07, 6.45) is 4.47. The number of hydrogen-bond donors (Lipinski definition) is 1. The Bertz CT molecular complexity index is 302. The van der Waals surface area contributed by atoms with Crippen LogP contribution in [0, 0.1) is 11.8 Å². The van der Waals surface area contributed by atoms with E-state index in [1.54, 1.807) is 0 Å². The Balaban J connectivity index is 2.64. The van der Waals surface area contributed by atoms with Crippen molar-refractivity contribution >= 4 is 5.97 Å². The highest BCUT2D eigenvalue weighted by molar-refractivity contribution is 5.82. The van der Waals surface area contributed by atoms with E-state index >= 15 is 0 Å². The third kappa shape index (κ3) is 4.74. The zero-order chi connectivity index (χ0) is 15.2. The zero-order valence-electron chi connectivity index (χ0n) is 13.7. The first-order valence-electron chi connectivity index (χ1n) is 7.90. The highest BCUT2D eigenvalue weighted by atomic mass is 16.5. The molecule has 2 unspecified atom stereocenters. The van der Waals surface area contributed by atoms with Gasteiger partial charge in [0.05, 0.1) is 13.7 Å². The van der Waals surface area contributed by atoms with Crippen LogP contribution >= 0.6 is 0 Å². The zero-order valence-corrected chi connectivity index (χ0v) is 13.7. The van der Waals surface area contributed by atoms with Gasteiger partial charge in [-0.3, -0.25) is 5.32 Å². The molecule has 0 aromatic rings. The summed E-state index contributed by atoms with van der Waals surface area (Å²) in [7, 11) is 1.46. The largest absolute Gasteiger partial charge is 0.468 e. The Kier molecular flexibility index (Phi) is 6.96. The van der Waals surface area contributed by atoms with Crippen molar-refractivity contribution in [1.29, 1.82) is 0 Å². The maximum Gasteiger partial charge on any atom is 0.328 e. The molecule has 20 heavy (non-hydrogen) atoms. The van der Waals surface area contributed by atoms with Gasteiger partial charge in [0.25, 0.3) is 0 Å². The number of methoxy groups -OCH3 is 1. The molecule has 0 amide bonds. The van der Waals surface area contributed by atoms with Gasteiger partial charge in [-0.05, 0) is 44.9 Å². The molecule has 0 aromatic heterocycles. The van der Waals surface area contributed by atoms with Crippen LogP contribution in [-0.2, 0) is 14.3 Å². The van der Waals surface area contributed by atoms with E-state index in [2.05, 4.69) is 33.0 Å². The molecule has 1 N–H and O–H groups in total. The molecule has 0 saturated heterocycles. The molecular formula is C16H31NO3. The van der Waals surface area contributed by atoms with E-state index in [-0.39, 0.29) is 12.0 Å². The highest BCUT2D eigenvalue weighted by Gasteiger charge is 2.52. The van der Waals surface area contributed by atoms with Gasteiger partial charge in [0, 0.05) is 12.6 Å². The van der Waals surface area contributed by atoms with Crippen molar-refractivity contribution in [2.75, 3.05) is 20.3 Å². The van der Waals surface area contributed by atoms with Crippen LogP contribution in [0.15, 0.2) is 0 Å². The molecule has 0 heterocycles. The van der Waals surface area contributed by atoms with E-state index in [0.717, 1.165) is 19.3 Å². The number of esters is 1. The van der Waals surface area contributed by atoms with Gasteiger partial charge in [0.2, 0.25) is 0 Å². The summed E-state index contributed by atoms with van der Waals surface area (Å²) < 4.78 is 10.9. The summed E-state index contributed by atoms with van der Waals surface area (Å²) in [6, 6.07) is 0.228. The van der Waals surface area contributed by atoms with Crippen LogP contribution in [-0.4, -0.2) is 37.9 Å². The predicted molar refractivity (Wildman–Crippen MR) is 80.6 cm³/mol. The lowest BCUT2D eigenvalue weighted by Gasteiger charge is -2.34. The van der Waals surface area contributed by atoms with Gasteiger partial charge >= 0.3 is 5.97 Å². The standard InChI is InChI=1S/C16H31NO3/c1-6-7-13(4)10-20-11-16(14-8-9-14,15(18)19-5)17-12(2)3/h12-14,17H,6-11H2,1-5H3. The lowest BCUT2D eigenvalue weighted by atomic mass is 9.93. The van der Waals surface area contributed by atoms with E-state index in [1.165, 1.54) is 13.5 Å². The summed E-state index contributed by atoms with van der Waals surface area (Å²) in [5.74, 6) is 0.698. The fourth-order valence-corrected chi connectivity index (χ4v) is 2.83. The summed E-state index contributed by atoms with van der Waals surface area (Å²) in [6.45, 7) is 9.60. The van der Waals surface area contributed by atoms with Gasteiger partial charge in [0.15, 0.2) is 0 Å². The molecule has 0 aliphatic heterocycles. The first-order chi connectivity index (χ1) is 9.46. The van der Waals surface area contributed by atoms with Gasteiger partial charge in [-0.25, -0.2) is 4.79 Å². The molecule has 2 atom stereocenters. The maximum absolute atomic E-state index is 12.3. The molecule has 1 saturated carbocycles. The Hall–Kier alpha value is -0.610. The predicted octanol–water partition coefficient (Wildman–Crippen LogP) is 2.76. The van der Waals surface area contributed by atoms with E-state index in [0.29, 0.717) is 25.0 Å². The molecule has 1 fully saturated rings. The van der Waals surface area contributed by atoms with Gasteiger partial charge in [-0.2, -0.15) is 0 Å². The van der Waals surface area contributed by atoms with Crippen molar-refractivity contribution in [2.45, 2.75) is 65.0 Å². The molecule has 1 aliphatic rings. The van der Waals surface area contributed by atoms with E-state index in [1.807, 2.05) is 0 Å². The van der Waals surface area contributed by atoms with Crippen molar-refractivity contribution in [1.82, 2.24) is 5.32 Å². The third-order valence-corrected chi connectivity index (χ3v) is 3.88. The molecule has 0 bridgehead atoms. The fraction of sp³-hybridized carbons (Fsp3) is 0.938. The summed E-state index contributed by atoms with van der Waals surface area (Å²) in [5, 5.41) is 3.41. The molecule has 1 aliphatic carbocycles. The Morgan fingerprint density at radius 1 is 1.35 bits per heavy atom. The van der Waals surface area contributed by atoms with Crippen LogP contribution in [0.5, 0.6) is 0 Å². The van der Waals surface area contributed by atoms with Crippen molar-refractivity contribution in [3.8, 4) is 0 Å². The normalized spacial score (nSPS) is 19.7. The number of nitrogens with one attached hydrogen (secondary N) is 1. The topological polar surface area (TPSA) is 47.6 Å². The molecule has 118 valence electrons. The van der Waals surface area contributed by atoms with E-state index < -0.39 is 5.54 Å². The second-order valence-electron chi connectivity index (χ2n) is 6.45. The van der Waals surface area contributed by atoms with Gasteiger partial charge in [-0.1, -0.05) is 20.3 Å². The third-order valence-electron chi connectivity index (χ3n) is 3.88. The summed E-state index contributed by atoms with van der Waals surface area (Å²) in [5.41, 5.74) is -0.658. The van der Waals surface area contributed by atoms with Crippen molar-refractivity contribution in [2.24, 2.45) is 11.8 Å². The van der Waals surface area contributed by atoms with Crippen molar-refractivity contribution in [3.63, 3.8) is 0 Å². The molecule has 4 nitrogen and oxygen atoms in total. The van der Waals surface area contributed by atoms with Gasteiger partial charge < -0.3 is 9.47 Å². The first kappa shape index (κ1) is 17.4. The molecule has 1 rings (SSSR count). The van der Waals surface area contributed by atoms with Crippen molar-refractivity contribution < 1.29 is 14.3 Å². The minimum Gasteiger partial charge on any atom is -0.468 e. The quantitative estimate of drug-likeness (QED) is 0.627. The Labute approximate surface area is 123 Å². The Morgan fingerprint density at radius 2 is 2.00 bits per heavy atom. The smallest absolute Gasteiger partial charge is 0.328 e. The monoisotopic (exact) mass is 285 g/mol. The van der Waals surface area contributed by atoms with E-state index in [4.69, 9.17) is 9.47 Å². The SMILES string of the molecule is CCCC(C)COCC(NC(C)C)(C(=O)OC)C1CC1. The number of rotatable bonds is 10. The lowest BCUT2D eigenvalue weighted by molar-refractivity contribution is -0.153. The number of hydrogen-bond acceptors (Lipinski definition) is 4. The second-order valence-corrected chi connectivity index (χ2v) is 6.45. The van der Waals surface area contributed by atoms with Crippen LogP contribution in [0.1, 0.15) is 53.4 Å². The lowest BCUT2D eigenvalue weighted by Crippen LogP contribution is -2.60. The van der Waals surface area contributed by atoms with E-state index in [9.17, 15) is 4.79 Å². The minimum absolute atomic E-state index is 0.183. The van der Waals surface area contributed by atoms with Gasteiger partial charge in [0.1, 0.15) is 5.54 Å². The molecular weight excluding hydrogens is 254 g/mol. The van der Waals surface area contributed by atoms with Crippen LogP contribution in [0.25, 0.3) is 0 Å². The number of ether oxygens (including phenoxy) is 2. The molecule has 0 radical (unpaired) electrons. The summed E-state index contributed by atoms with van der Waals surface area (Å²) in [4.78, 5) is 12.3. The average molecular weight is 285 g/mol. The van der Waals surface area contributed by atoms with Crippen molar-refractivity contribution in [3.05, 3.63) is 0 Å². The minimum atomic E-state index is -0.658. The van der Waals surface area contributed by atoms with Crippen LogP contribution in [0.2, 0.25) is 0 Å². The summed E-state index contributed by atoms with van der Waals surface area (Å²) >= 11 is 0. The molecule has 4 heteroatoms. The molecule has 0 spiro atoms. The van der Waals surface area contributed by atoms with Crippen LogP contribution in [0.3, 0.4) is 0 Å². The number of carbonyl (C=O) groups is 1. The van der Waals surface area contributed by atoms with Crippen LogP contribution < -0.4 is 5.32 Å². The Morgan fingerprint density at radius 3 is 2.45 bits per heavy atom. The highest BCUT2D eigenvalue weighted by Crippen LogP contribution is 2.41. The van der Waals surface area contributed by atoms with Gasteiger partial charge in [-0.15, -0.1) is 0 Å². The maximum atomic E-state index is 12.3. The molecule has 0 aromatic carbocycles.